The fourth-order valence-electron chi connectivity index (χ4n) is 1.68. The van der Waals surface area contributed by atoms with E-state index in [0.29, 0.717) is 12.4 Å². The van der Waals surface area contributed by atoms with E-state index in [-0.39, 0.29) is 4.90 Å². The van der Waals surface area contributed by atoms with Crippen LogP contribution in [0.25, 0.3) is 0 Å². The zero-order chi connectivity index (χ0) is 16.0. The van der Waals surface area contributed by atoms with E-state index in [2.05, 4.69) is 25.9 Å². The van der Waals surface area contributed by atoms with Gasteiger partial charge < -0.3 is 4.74 Å². The smallest absolute Gasteiger partial charge is 0.276 e. The zero-order valence-corrected chi connectivity index (χ0v) is 14.3. The summed E-state index contributed by atoms with van der Waals surface area (Å²) in [6, 6.07) is 13.5. The van der Waals surface area contributed by atoms with Crippen LogP contribution in [0.5, 0.6) is 5.75 Å². The Bertz CT molecular complexity index is 759. The van der Waals surface area contributed by atoms with Gasteiger partial charge in [-0.05, 0) is 37.3 Å². The molecule has 0 aliphatic rings. The number of nitrogens with zero attached hydrogens (tertiary/aromatic N) is 1. The van der Waals surface area contributed by atoms with Crippen LogP contribution in [0.15, 0.2) is 63.0 Å². The predicted octanol–water partition coefficient (Wildman–Crippen LogP) is 3.16. The van der Waals surface area contributed by atoms with Crippen molar-refractivity contribution in [2.75, 3.05) is 6.61 Å². The molecule has 0 heterocycles. The third-order valence-electron chi connectivity index (χ3n) is 2.73. The number of hydrazone groups is 1. The van der Waals surface area contributed by atoms with Crippen LogP contribution in [0.4, 0.5) is 0 Å². The third kappa shape index (κ3) is 4.32. The molecule has 116 valence electrons. The van der Waals surface area contributed by atoms with Crippen LogP contribution >= 0.6 is 15.9 Å². The van der Waals surface area contributed by atoms with Crippen LogP contribution in [0.3, 0.4) is 0 Å². The molecule has 0 atom stereocenters. The van der Waals surface area contributed by atoms with Crippen molar-refractivity contribution in [2.45, 2.75) is 11.8 Å². The highest BCUT2D eigenvalue weighted by atomic mass is 79.9. The lowest BCUT2D eigenvalue weighted by Gasteiger charge is -2.06. The topological polar surface area (TPSA) is 67.8 Å². The molecule has 0 aliphatic carbocycles. The summed E-state index contributed by atoms with van der Waals surface area (Å²) in [5.41, 5.74) is 0.775. The third-order valence-corrected chi connectivity index (χ3v) is 4.69. The Morgan fingerprint density at radius 3 is 2.50 bits per heavy atom. The Hall–Kier alpha value is -1.86. The Balaban J connectivity index is 2.09. The number of halogens is 1. The van der Waals surface area contributed by atoms with Crippen molar-refractivity contribution >= 4 is 32.2 Å². The van der Waals surface area contributed by atoms with E-state index in [0.717, 1.165) is 10.0 Å². The lowest BCUT2D eigenvalue weighted by atomic mass is 10.2. The van der Waals surface area contributed by atoms with E-state index < -0.39 is 10.0 Å². The Kier molecular flexibility index (Phi) is 5.57. The van der Waals surface area contributed by atoms with Gasteiger partial charge in [0.15, 0.2) is 0 Å². The van der Waals surface area contributed by atoms with E-state index >= 15 is 0 Å². The van der Waals surface area contributed by atoms with Crippen LogP contribution in [0, 0.1) is 0 Å². The average molecular weight is 383 g/mol. The number of ether oxygens (including phenoxy) is 1. The molecule has 0 bridgehead atoms. The van der Waals surface area contributed by atoms with Gasteiger partial charge in [0, 0.05) is 10.0 Å². The van der Waals surface area contributed by atoms with Crippen molar-refractivity contribution in [3.8, 4) is 5.75 Å². The lowest BCUT2D eigenvalue weighted by molar-refractivity contribution is 0.340. The minimum Gasteiger partial charge on any atom is -0.494 e. The second-order valence-corrected chi connectivity index (χ2v) is 6.79. The summed E-state index contributed by atoms with van der Waals surface area (Å²) in [7, 11) is -3.69. The van der Waals surface area contributed by atoms with Gasteiger partial charge in [0.05, 0.1) is 17.7 Å². The maximum Gasteiger partial charge on any atom is 0.276 e. The number of nitrogens with one attached hydrogen (secondary N) is 1. The summed E-state index contributed by atoms with van der Waals surface area (Å²) >= 11 is 3.36. The van der Waals surface area contributed by atoms with Crippen molar-refractivity contribution in [1.82, 2.24) is 4.83 Å². The molecule has 1 N–H and O–H groups in total. The number of hydrogen-bond donors (Lipinski definition) is 1. The first kappa shape index (κ1) is 16.5. The number of hydrogen-bond acceptors (Lipinski definition) is 4. The molecule has 5 nitrogen and oxygen atoms in total. The standard InChI is InChI=1S/C15H15BrN2O3S/c1-2-21-13-7-9-14(10-8-13)22(19,20)18-17-11-12-5-3-4-6-15(12)16/h3-11,18H,2H2,1H3/b17-11-. The molecule has 22 heavy (non-hydrogen) atoms. The lowest BCUT2D eigenvalue weighted by Crippen LogP contribution is -2.18. The molecule has 2 rings (SSSR count). The maximum absolute atomic E-state index is 12.1. The molecular weight excluding hydrogens is 368 g/mol. The van der Waals surface area contributed by atoms with Gasteiger partial charge in [-0.15, -0.1) is 0 Å². The first-order valence-corrected chi connectivity index (χ1v) is 8.83. The van der Waals surface area contributed by atoms with Gasteiger partial charge in [0.2, 0.25) is 0 Å². The van der Waals surface area contributed by atoms with Gasteiger partial charge in [-0.1, -0.05) is 34.1 Å². The zero-order valence-electron chi connectivity index (χ0n) is 11.9. The van der Waals surface area contributed by atoms with Crippen molar-refractivity contribution in [3.63, 3.8) is 0 Å². The molecule has 2 aromatic rings. The van der Waals surface area contributed by atoms with E-state index in [1.807, 2.05) is 31.2 Å². The molecule has 7 heteroatoms. The molecule has 0 amide bonds. The highest BCUT2D eigenvalue weighted by Gasteiger charge is 2.12. The molecule has 0 saturated carbocycles. The average Bonchev–Trinajstić information content (AvgIpc) is 2.50. The largest absolute Gasteiger partial charge is 0.494 e. The molecule has 0 saturated heterocycles. The summed E-state index contributed by atoms with van der Waals surface area (Å²) in [5.74, 6) is 0.623. The van der Waals surface area contributed by atoms with Gasteiger partial charge in [-0.25, -0.2) is 4.83 Å². The summed E-state index contributed by atoms with van der Waals surface area (Å²) in [5, 5.41) is 3.79. The minimum atomic E-state index is -3.69. The Morgan fingerprint density at radius 1 is 1.18 bits per heavy atom. The summed E-state index contributed by atoms with van der Waals surface area (Å²) < 4.78 is 30.3. The van der Waals surface area contributed by atoms with Crippen molar-refractivity contribution < 1.29 is 13.2 Å². The predicted molar refractivity (Wildman–Crippen MR) is 89.7 cm³/mol. The molecule has 0 fully saturated rings. The second kappa shape index (κ2) is 7.42. The van der Waals surface area contributed by atoms with Crippen LogP contribution in [-0.4, -0.2) is 21.2 Å². The van der Waals surface area contributed by atoms with Gasteiger partial charge in [-0.2, -0.15) is 13.5 Å². The molecule has 0 aliphatic heterocycles. The molecular formula is C15H15BrN2O3S. The molecule has 0 aromatic heterocycles. The van der Waals surface area contributed by atoms with Crippen molar-refractivity contribution in [3.05, 3.63) is 58.6 Å². The fraction of sp³-hybridized carbons (Fsp3) is 0.133. The van der Waals surface area contributed by atoms with Crippen LogP contribution in [-0.2, 0) is 10.0 Å². The van der Waals surface area contributed by atoms with E-state index in [9.17, 15) is 8.42 Å². The first-order valence-electron chi connectivity index (χ1n) is 6.55. The summed E-state index contributed by atoms with van der Waals surface area (Å²) in [4.78, 5) is 2.31. The first-order chi connectivity index (χ1) is 10.5. The molecule has 0 unspecified atom stereocenters. The summed E-state index contributed by atoms with van der Waals surface area (Å²) in [6.45, 7) is 2.39. The Labute approximate surface area is 138 Å². The van der Waals surface area contributed by atoms with Crippen molar-refractivity contribution in [1.29, 1.82) is 0 Å². The van der Waals surface area contributed by atoms with Crippen molar-refractivity contribution in [2.24, 2.45) is 5.10 Å². The quantitative estimate of drug-likeness (QED) is 0.616. The van der Waals surface area contributed by atoms with E-state index in [1.54, 1.807) is 12.1 Å². The SMILES string of the molecule is CCOc1ccc(S(=O)(=O)N/N=C\c2ccccc2Br)cc1. The van der Waals surface area contributed by atoms with E-state index in [4.69, 9.17) is 4.74 Å². The monoisotopic (exact) mass is 382 g/mol. The number of benzene rings is 2. The van der Waals surface area contributed by atoms with Crippen LogP contribution < -0.4 is 9.57 Å². The van der Waals surface area contributed by atoms with Crippen LogP contribution in [0.2, 0.25) is 0 Å². The van der Waals surface area contributed by atoms with E-state index in [1.165, 1.54) is 18.3 Å². The highest BCUT2D eigenvalue weighted by Crippen LogP contribution is 2.16. The molecule has 0 radical (unpaired) electrons. The normalized spacial score (nSPS) is 11.5. The molecule has 0 spiro atoms. The van der Waals surface area contributed by atoms with Gasteiger partial charge >= 0.3 is 0 Å². The van der Waals surface area contributed by atoms with Gasteiger partial charge in [0.1, 0.15) is 5.75 Å². The summed E-state index contributed by atoms with van der Waals surface area (Å²) in [6.07, 6.45) is 1.44. The Morgan fingerprint density at radius 2 is 1.86 bits per heavy atom. The number of sulfonamides is 1. The highest BCUT2D eigenvalue weighted by molar-refractivity contribution is 9.10. The molecule has 2 aromatic carbocycles. The fourth-order valence-corrected chi connectivity index (χ4v) is 2.86. The van der Waals surface area contributed by atoms with Gasteiger partial charge in [0.25, 0.3) is 10.0 Å². The maximum atomic E-state index is 12.1. The van der Waals surface area contributed by atoms with Gasteiger partial charge in [-0.3, -0.25) is 0 Å². The minimum absolute atomic E-state index is 0.125. The second-order valence-electron chi connectivity index (χ2n) is 4.28. The number of rotatable bonds is 6. The van der Waals surface area contributed by atoms with Crippen LogP contribution in [0.1, 0.15) is 12.5 Å².